The van der Waals surface area contributed by atoms with Gasteiger partial charge in [0.15, 0.2) is 0 Å². The standard InChI is InChI=1S/C8H15FN2/c9-7-4-8(6-10)2-1-3-11(8)5-7/h7H,1-6,10H2/t7?,8-/m0/s1. The second-order valence-corrected chi connectivity index (χ2v) is 3.78. The summed E-state index contributed by atoms with van der Waals surface area (Å²) in [5.74, 6) is 0. The topological polar surface area (TPSA) is 29.3 Å². The Hall–Kier alpha value is -0.150. The normalized spacial score (nSPS) is 44.7. The molecule has 0 spiro atoms. The van der Waals surface area contributed by atoms with Gasteiger partial charge < -0.3 is 5.73 Å². The summed E-state index contributed by atoms with van der Waals surface area (Å²) in [6.07, 6.45) is 2.34. The molecule has 2 aliphatic rings. The van der Waals surface area contributed by atoms with Gasteiger partial charge in [0.1, 0.15) is 6.17 Å². The zero-order valence-corrected chi connectivity index (χ0v) is 6.72. The van der Waals surface area contributed by atoms with Crippen molar-refractivity contribution in [3.05, 3.63) is 0 Å². The average molecular weight is 158 g/mol. The van der Waals surface area contributed by atoms with Gasteiger partial charge >= 0.3 is 0 Å². The molecule has 1 unspecified atom stereocenters. The average Bonchev–Trinajstić information content (AvgIpc) is 2.43. The Labute approximate surface area is 66.5 Å². The molecule has 2 nitrogen and oxygen atoms in total. The molecule has 0 radical (unpaired) electrons. The molecule has 2 fully saturated rings. The van der Waals surface area contributed by atoms with Crippen molar-refractivity contribution in [2.45, 2.75) is 31.0 Å². The van der Waals surface area contributed by atoms with E-state index in [9.17, 15) is 4.39 Å². The maximum Gasteiger partial charge on any atom is 0.115 e. The highest BCUT2D eigenvalue weighted by molar-refractivity contribution is 5.04. The molecule has 0 saturated carbocycles. The summed E-state index contributed by atoms with van der Waals surface area (Å²) in [6.45, 7) is 2.31. The van der Waals surface area contributed by atoms with Gasteiger partial charge in [-0.3, -0.25) is 4.90 Å². The number of nitrogens with zero attached hydrogens (tertiary/aromatic N) is 1. The number of halogens is 1. The first-order valence-electron chi connectivity index (χ1n) is 4.36. The van der Waals surface area contributed by atoms with Crippen molar-refractivity contribution in [3.8, 4) is 0 Å². The molecule has 0 bridgehead atoms. The van der Waals surface area contributed by atoms with Crippen LogP contribution in [0, 0.1) is 0 Å². The van der Waals surface area contributed by atoms with Crippen molar-refractivity contribution in [1.82, 2.24) is 4.90 Å². The molecule has 2 N–H and O–H groups in total. The summed E-state index contributed by atoms with van der Waals surface area (Å²) in [5.41, 5.74) is 5.72. The fourth-order valence-corrected chi connectivity index (χ4v) is 2.54. The molecule has 64 valence electrons. The summed E-state index contributed by atoms with van der Waals surface area (Å²) >= 11 is 0. The van der Waals surface area contributed by atoms with Gasteiger partial charge in [0.25, 0.3) is 0 Å². The second kappa shape index (κ2) is 2.42. The second-order valence-electron chi connectivity index (χ2n) is 3.78. The SMILES string of the molecule is NC[C@@]12CCCN1CC(F)C2. The predicted molar refractivity (Wildman–Crippen MR) is 42.1 cm³/mol. The maximum absolute atomic E-state index is 13.0. The Morgan fingerprint density at radius 2 is 2.45 bits per heavy atom. The van der Waals surface area contributed by atoms with Gasteiger partial charge in [0.2, 0.25) is 0 Å². The van der Waals surface area contributed by atoms with Crippen molar-refractivity contribution in [1.29, 1.82) is 0 Å². The zero-order chi connectivity index (χ0) is 7.90. The molecule has 2 atom stereocenters. The molecule has 0 aromatic rings. The molecule has 2 rings (SSSR count). The van der Waals surface area contributed by atoms with Crippen LogP contribution in [0.1, 0.15) is 19.3 Å². The van der Waals surface area contributed by atoms with Crippen LogP contribution in [0.5, 0.6) is 0 Å². The Kier molecular flexibility index (Phi) is 1.65. The van der Waals surface area contributed by atoms with Crippen molar-refractivity contribution in [2.75, 3.05) is 19.6 Å². The minimum Gasteiger partial charge on any atom is -0.329 e. The number of nitrogens with two attached hydrogens (primary N) is 1. The molecule has 0 aromatic carbocycles. The van der Waals surface area contributed by atoms with E-state index in [2.05, 4.69) is 4.90 Å². The highest BCUT2D eigenvalue weighted by atomic mass is 19.1. The van der Waals surface area contributed by atoms with E-state index in [0.29, 0.717) is 19.5 Å². The Bertz CT molecular complexity index is 162. The lowest BCUT2D eigenvalue weighted by molar-refractivity contribution is 0.203. The third-order valence-electron chi connectivity index (χ3n) is 3.14. The Morgan fingerprint density at radius 1 is 1.64 bits per heavy atom. The van der Waals surface area contributed by atoms with Crippen LogP contribution in [0.15, 0.2) is 0 Å². The highest BCUT2D eigenvalue weighted by Crippen LogP contribution is 2.38. The first kappa shape index (κ1) is 7.50. The third-order valence-corrected chi connectivity index (χ3v) is 3.14. The van der Waals surface area contributed by atoms with E-state index in [-0.39, 0.29) is 5.54 Å². The molecule has 0 aliphatic carbocycles. The van der Waals surface area contributed by atoms with E-state index in [4.69, 9.17) is 5.73 Å². The fourth-order valence-electron chi connectivity index (χ4n) is 2.54. The van der Waals surface area contributed by atoms with E-state index in [1.807, 2.05) is 0 Å². The minimum atomic E-state index is -0.626. The smallest absolute Gasteiger partial charge is 0.115 e. The van der Waals surface area contributed by atoms with Gasteiger partial charge in [-0.05, 0) is 25.8 Å². The molecule has 3 heteroatoms. The number of hydrogen-bond acceptors (Lipinski definition) is 2. The van der Waals surface area contributed by atoms with Gasteiger partial charge in [-0.15, -0.1) is 0 Å². The molecule has 2 aliphatic heterocycles. The first-order chi connectivity index (χ1) is 5.27. The summed E-state index contributed by atoms with van der Waals surface area (Å²) in [6, 6.07) is 0. The number of hydrogen-bond donors (Lipinski definition) is 1. The van der Waals surface area contributed by atoms with Crippen LogP contribution in [0.4, 0.5) is 4.39 Å². The molecular weight excluding hydrogens is 143 g/mol. The lowest BCUT2D eigenvalue weighted by Gasteiger charge is -2.29. The van der Waals surface area contributed by atoms with Crippen molar-refractivity contribution >= 4 is 0 Å². The molecule has 11 heavy (non-hydrogen) atoms. The summed E-state index contributed by atoms with van der Waals surface area (Å²) in [5, 5.41) is 0. The number of rotatable bonds is 1. The van der Waals surface area contributed by atoms with Crippen LogP contribution >= 0.6 is 0 Å². The van der Waals surface area contributed by atoms with E-state index >= 15 is 0 Å². The van der Waals surface area contributed by atoms with Crippen molar-refractivity contribution in [3.63, 3.8) is 0 Å². The number of fused-ring (bicyclic) bond motifs is 1. The van der Waals surface area contributed by atoms with Crippen LogP contribution in [0.25, 0.3) is 0 Å². The van der Waals surface area contributed by atoms with Gasteiger partial charge in [-0.1, -0.05) is 0 Å². The fraction of sp³-hybridized carbons (Fsp3) is 1.00. The molecular formula is C8H15FN2. The summed E-state index contributed by atoms with van der Waals surface area (Å²) < 4.78 is 13.0. The van der Waals surface area contributed by atoms with Gasteiger partial charge in [-0.2, -0.15) is 0 Å². The quantitative estimate of drug-likeness (QED) is 0.603. The largest absolute Gasteiger partial charge is 0.329 e. The maximum atomic E-state index is 13.0. The van der Waals surface area contributed by atoms with Gasteiger partial charge in [-0.25, -0.2) is 4.39 Å². The Balaban J connectivity index is 2.15. The lowest BCUT2D eigenvalue weighted by Crippen LogP contribution is -2.44. The first-order valence-corrected chi connectivity index (χ1v) is 4.36. The van der Waals surface area contributed by atoms with Crippen LogP contribution in [0.2, 0.25) is 0 Å². The lowest BCUT2D eigenvalue weighted by atomic mass is 9.94. The van der Waals surface area contributed by atoms with Crippen LogP contribution < -0.4 is 5.73 Å². The molecule has 2 saturated heterocycles. The van der Waals surface area contributed by atoms with Gasteiger partial charge in [0.05, 0.1) is 0 Å². The van der Waals surface area contributed by atoms with Crippen molar-refractivity contribution in [2.24, 2.45) is 5.73 Å². The zero-order valence-electron chi connectivity index (χ0n) is 6.72. The molecule has 0 aromatic heterocycles. The minimum absolute atomic E-state index is 0.0550. The molecule has 0 amide bonds. The molecule has 2 heterocycles. The predicted octanol–water partition coefficient (Wildman–Crippen LogP) is 0.521. The van der Waals surface area contributed by atoms with Crippen LogP contribution in [0.3, 0.4) is 0 Å². The Morgan fingerprint density at radius 3 is 3.09 bits per heavy atom. The van der Waals surface area contributed by atoms with Gasteiger partial charge in [0, 0.05) is 18.6 Å². The van der Waals surface area contributed by atoms with E-state index < -0.39 is 6.17 Å². The van der Waals surface area contributed by atoms with Crippen LogP contribution in [-0.2, 0) is 0 Å². The summed E-state index contributed by atoms with van der Waals surface area (Å²) in [7, 11) is 0. The monoisotopic (exact) mass is 158 g/mol. The highest BCUT2D eigenvalue weighted by Gasteiger charge is 2.47. The summed E-state index contributed by atoms with van der Waals surface area (Å²) in [4.78, 5) is 2.23. The third kappa shape index (κ3) is 0.983. The van der Waals surface area contributed by atoms with Crippen molar-refractivity contribution < 1.29 is 4.39 Å². The van der Waals surface area contributed by atoms with E-state index in [1.54, 1.807) is 0 Å². The van der Waals surface area contributed by atoms with E-state index in [1.165, 1.54) is 6.42 Å². The van der Waals surface area contributed by atoms with E-state index in [0.717, 1.165) is 13.0 Å². The number of alkyl halides is 1. The van der Waals surface area contributed by atoms with Crippen LogP contribution in [-0.4, -0.2) is 36.2 Å².